The fourth-order valence-electron chi connectivity index (χ4n) is 3.66. The Morgan fingerprint density at radius 3 is 2.93 bits per heavy atom. The number of hydrogen-bond donors (Lipinski definition) is 2. The van der Waals surface area contributed by atoms with Gasteiger partial charge in [-0.15, -0.1) is 0 Å². The summed E-state index contributed by atoms with van der Waals surface area (Å²) in [5.74, 6) is 0.723. The molecule has 1 aliphatic rings. The van der Waals surface area contributed by atoms with Gasteiger partial charge in [0.2, 0.25) is 0 Å². The molecule has 0 spiro atoms. The topological polar surface area (TPSA) is 49.8 Å². The van der Waals surface area contributed by atoms with Gasteiger partial charge in [-0.25, -0.2) is 4.98 Å². The average molecular weight is 429 g/mol. The summed E-state index contributed by atoms with van der Waals surface area (Å²) in [6.45, 7) is 3.09. The van der Waals surface area contributed by atoms with Crippen LogP contribution in [0.15, 0.2) is 48.0 Å². The molecule has 0 aliphatic carbocycles. The Morgan fingerprint density at radius 1 is 1.32 bits per heavy atom. The Morgan fingerprint density at radius 2 is 2.18 bits per heavy atom. The lowest BCUT2D eigenvalue weighted by Crippen LogP contribution is -2.07. The lowest BCUT2D eigenvalue weighted by Gasteiger charge is -2.21. The first-order chi connectivity index (χ1) is 13.6. The largest absolute Gasteiger partial charge is 0.380 e. The molecule has 4 rings (SSSR count). The second-order valence-electron chi connectivity index (χ2n) is 7.41. The predicted octanol–water partition coefficient (Wildman–Crippen LogP) is 5.71. The SMILES string of the molecule is CNc1cnc(C=C(CNc2cnc3ccccc3c2)P2(=S)CC[C@H](C)C2)s1. The van der Waals surface area contributed by atoms with Crippen LogP contribution in [0.3, 0.4) is 0 Å². The van der Waals surface area contributed by atoms with Crippen molar-refractivity contribution in [1.82, 2.24) is 9.97 Å². The average Bonchev–Trinajstić information content (AvgIpc) is 3.31. The molecule has 2 aromatic heterocycles. The summed E-state index contributed by atoms with van der Waals surface area (Å²) in [5.41, 5.74) is 2.05. The van der Waals surface area contributed by atoms with Crippen LogP contribution in [0, 0.1) is 5.92 Å². The van der Waals surface area contributed by atoms with E-state index >= 15 is 0 Å². The molecule has 3 heterocycles. The molecule has 7 heteroatoms. The van der Waals surface area contributed by atoms with Crippen molar-refractivity contribution in [3.63, 3.8) is 0 Å². The van der Waals surface area contributed by atoms with E-state index in [1.54, 1.807) is 11.3 Å². The Balaban J connectivity index is 1.60. The molecule has 4 nitrogen and oxygen atoms in total. The lowest BCUT2D eigenvalue weighted by atomic mass is 10.2. The van der Waals surface area contributed by atoms with Gasteiger partial charge in [0.25, 0.3) is 0 Å². The van der Waals surface area contributed by atoms with E-state index in [9.17, 15) is 0 Å². The molecule has 28 heavy (non-hydrogen) atoms. The van der Waals surface area contributed by atoms with E-state index in [1.165, 1.54) is 11.7 Å². The molecule has 0 saturated carbocycles. The number of nitrogens with zero attached hydrogens (tertiary/aromatic N) is 2. The second kappa shape index (κ2) is 8.32. The Hall–Kier alpha value is -1.75. The van der Waals surface area contributed by atoms with E-state index in [-0.39, 0.29) is 0 Å². The van der Waals surface area contributed by atoms with E-state index < -0.39 is 6.04 Å². The highest BCUT2D eigenvalue weighted by molar-refractivity contribution is 8.16. The van der Waals surface area contributed by atoms with Gasteiger partial charge in [-0.05, 0) is 54.2 Å². The smallest absolute Gasteiger partial charge is 0.118 e. The van der Waals surface area contributed by atoms with Crippen LogP contribution in [-0.4, -0.2) is 35.9 Å². The van der Waals surface area contributed by atoms with Crippen LogP contribution < -0.4 is 10.6 Å². The summed E-state index contributed by atoms with van der Waals surface area (Å²) in [5, 5.41) is 11.4. The van der Waals surface area contributed by atoms with E-state index in [0.29, 0.717) is 0 Å². The molecule has 0 amide bonds. The molecule has 3 aromatic rings. The third-order valence-electron chi connectivity index (χ3n) is 5.24. The van der Waals surface area contributed by atoms with Gasteiger partial charge in [0.1, 0.15) is 10.0 Å². The van der Waals surface area contributed by atoms with Crippen molar-refractivity contribution >= 4 is 56.8 Å². The molecule has 1 aliphatic heterocycles. The number of pyridine rings is 1. The maximum absolute atomic E-state index is 6.24. The first-order valence-electron chi connectivity index (χ1n) is 9.57. The van der Waals surface area contributed by atoms with Gasteiger partial charge in [-0.1, -0.05) is 48.3 Å². The minimum atomic E-state index is -1.53. The highest BCUT2D eigenvalue weighted by atomic mass is 32.4. The molecule has 1 saturated heterocycles. The molecule has 2 N–H and O–H groups in total. The van der Waals surface area contributed by atoms with Crippen molar-refractivity contribution in [3.05, 3.63) is 53.0 Å². The van der Waals surface area contributed by atoms with Crippen molar-refractivity contribution in [3.8, 4) is 0 Å². The monoisotopic (exact) mass is 428 g/mol. The molecule has 1 aromatic carbocycles. The van der Waals surface area contributed by atoms with Crippen LogP contribution in [0.2, 0.25) is 0 Å². The third kappa shape index (κ3) is 4.29. The van der Waals surface area contributed by atoms with E-state index in [4.69, 9.17) is 11.8 Å². The molecular weight excluding hydrogens is 403 g/mol. The number of fused-ring (bicyclic) bond motifs is 1. The van der Waals surface area contributed by atoms with E-state index in [0.717, 1.165) is 51.4 Å². The van der Waals surface area contributed by atoms with Gasteiger partial charge in [-0.3, -0.25) is 4.98 Å². The third-order valence-corrected chi connectivity index (χ3v) is 11.4. The van der Waals surface area contributed by atoms with Crippen LogP contribution >= 0.6 is 17.4 Å². The van der Waals surface area contributed by atoms with Crippen molar-refractivity contribution < 1.29 is 0 Å². The predicted molar refractivity (Wildman–Crippen MR) is 128 cm³/mol. The summed E-state index contributed by atoms with van der Waals surface area (Å²) in [7, 11) is 1.93. The minimum absolute atomic E-state index is 0.723. The van der Waals surface area contributed by atoms with Crippen LogP contribution in [0.4, 0.5) is 10.7 Å². The van der Waals surface area contributed by atoms with Crippen molar-refractivity contribution in [1.29, 1.82) is 0 Å². The van der Waals surface area contributed by atoms with E-state index in [2.05, 4.69) is 45.7 Å². The molecule has 0 bridgehead atoms. The minimum Gasteiger partial charge on any atom is -0.380 e. The maximum atomic E-state index is 6.24. The van der Waals surface area contributed by atoms with Gasteiger partial charge >= 0.3 is 0 Å². The standard InChI is InChI=1S/C21H25N4PS2/c1-15-7-8-26(27,14-15)18(10-20-25-13-21(22-2)28-20)12-23-17-9-16-5-3-4-6-19(16)24-11-17/h3-6,9-11,13,15,22-23H,7-8,12,14H2,1-2H3/t15-,26?/m0/s1. The van der Waals surface area contributed by atoms with Gasteiger partial charge in [0.05, 0.1) is 23.6 Å². The summed E-state index contributed by atoms with van der Waals surface area (Å²) in [6.07, 6.45) is 9.61. The zero-order valence-electron chi connectivity index (χ0n) is 16.2. The highest BCUT2D eigenvalue weighted by Crippen LogP contribution is 2.61. The second-order valence-corrected chi connectivity index (χ2v) is 13.7. The van der Waals surface area contributed by atoms with Crippen LogP contribution in [0.5, 0.6) is 0 Å². The van der Waals surface area contributed by atoms with Crippen LogP contribution in [-0.2, 0) is 11.8 Å². The normalized spacial score (nSPS) is 22.5. The molecule has 1 fully saturated rings. The van der Waals surface area contributed by atoms with Gasteiger partial charge in [0, 0.05) is 19.0 Å². The number of aromatic nitrogens is 2. The maximum Gasteiger partial charge on any atom is 0.118 e. The molecule has 1 unspecified atom stereocenters. The molecule has 146 valence electrons. The summed E-state index contributed by atoms with van der Waals surface area (Å²) < 4.78 is 0. The summed E-state index contributed by atoms with van der Waals surface area (Å²) in [4.78, 5) is 9.12. The lowest BCUT2D eigenvalue weighted by molar-refractivity contribution is 0.669. The number of anilines is 2. The van der Waals surface area contributed by atoms with Gasteiger partial charge < -0.3 is 10.6 Å². The Bertz CT molecular complexity index is 1060. The zero-order valence-corrected chi connectivity index (χ0v) is 18.7. The van der Waals surface area contributed by atoms with Crippen molar-refractivity contribution in [2.75, 3.05) is 36.5 Å². The summed E-state index contributed by atoms with van der Waals surface area (Å²) >= 11 is 7.92. The Kier molecular flexibility index (Phi) is 5.81. The Labute approximate surface area is 175 Å². The number of hydrogen-bond acceptors (Lipinski definition) is 6. The zero-order chi connectivity index (χ0) is 19.6. The van der Waals surface area contributed by atoms with Crippen molar-refractivity contribution in [2.24, 2.45) is 5.92 Å². The summed E-state index contributed by atoms with van der Waals surface area (Å²) in [6, 6.07) is 8.83. The molecule has 2 atom stereocenters. The van der Waals surface area contributed by atoms with Gasteiger partial charge in [0.15, 0.2) is 0 Å². The van der Waals surface area contributed by atoms with Crippen LogP contribution in [0.25, 0.3) is 17.0 Å². The fraction of sp³-hybridized carbons (Fsp3) is 0.333. The highest BCUT2D eigenvalue weighted by Gasteiger charge is 2.31. The number of nitrogens with one attached hydrogen (secondary N) is 2. The number of para-hydroxylation sites is 1. The number of thiazole rings is 1. The van der Waals surface area contributed by atoms with Gasteiger partial charge in [-0.2, -0.15) is 0 Å². The fourth-order valence-corrected chi connectivity index (χ4v) is 9.40. The number of rotatable bonds is 6. The first kappa shape index (κ1) is 19.6. The quantitative estimate of drug-likeness (QED) is 0.493. The molecular formula is C21H25N4PS2. The van der Waals surface area contributed by atoms with Crippen LogP contribution in [0.1, 0.15) is 18.4 Å². The number of benzene rings is 1. The first-order valence-corrected chi connectivity index (χ1v) is 13.6. The molecule has 0 radical (unpaired) electrons. The van der Waals surface area contributed by atoms with Crippen molar-refractivity contribution in [2.45, 2.75) is 13.3 Å². The van der Waals surface area contributed by atoms with E-state index in [1.807, 2.05) is 37.6 Å².